The fourth-order valence-corrected chi connectivity index (χ4v) is 3.79. The molecule has 1 fully saturated rings. The number of esters is 2. The van der Waals surface area contributed by atoms with Gasteiger partial charge in [-0.1, -0.05) is 6.07 Å². The molecule has 0 unspecified atom stereocenters. The minimum Gasteiger partial charge on any atom is -0.465 e. The number of hydrogen-bond acceptors (Lipinski definition) is 6. The Morgan fingerprint density at radius 3 is 2.66 bits per heavy atom. The molecule has 29 heavy (non-hydrogen) atoms. The van der Waals surface area contributed by atoms with Crippen LogP contribution < -0.4 is 5.32 Å². The molecule has 2 heterocycles. The Morgan fingerprint density at radius 2 is 1.97 bits per heavy atom. The van der Waals surface area contributed by atoms with Gasteiger partial charge in [-0.25, -0.2) is 9.59 Å². The van der Waals surface area contributed by atoms with Crippen molar-refractivity contribution in [3.63, 3.8) is 0 Å². The van der Waals surface area contributed by atoms with Gasteiger partial charge in [-0.3, -0.25) is 4.98 Å². The summed E-state index contributed by atoms with van der Waals surface area (Å²) in [5.74, 6) is -1.02. The molecule has 152 valence electrons. The number of likely N-dealkylation sites (tertiary alicyclic amines) is 1. The highest BCUT2D eigenvalue weighted by Gasteiger charge is 2.27. The van der Waals surface area contributed by atoms with Gasteiger partial charge in [0.1, 0.15) is 0 Å². The molecule has 0 saturated carbocycles. The fourth-order valence-electron chi connectivity index (χ4n) is 3.46. The lowest BCUT2D eigenvalue weighted by Gasteiger charge is -2.38. The van der Waals surface area contributed by atoms with Gasteiger partial charge in [-0.15, -0.1) is 0 Å². The maximum absolute atomic E-state index is 12.2. The van der Waals surface area contributed by atoms with Crippen molar-refractivity contribution in [2.75, 3.05) is 26.1 Å². The molecule has 7 nitrogen and oxygen atoms in total. The Bertz CT molecular complexity index is 904. The molecular formula is C21H23N3O4S. The summed E-state index contributed by atoms with van der Waals surface area (Å²) >= 11 is 5.68. The van der Waals surface area contributed by atoms with Crippen LogP contribution in [-0.4, -0.2) is 47.7 Å². The number of ether oxygens (including phenoxy) is 2. The van der Waals surface area contributed by atoms with Crippen molar-refractivity contribution in [1.29, 1.82) is 0 Å². The quantitative estimate of drug-likeness (QED) is 0.602. The molecule has 0 aliphatic carbocycles. The van der Waals surface area contributed by atoms with E-state index in [0.717, 1.165) is 31.4 Å². The molecule has 1 saturated heterocycles. The average Bonchev–Trinajstić information content (AvgIpc) is 2.78. The lowest BCUT2D eigenvalue weighted by molar-refractivity contribution is 0.0587. The molecule has 1 aromatic heterocycles. The Morgan fingerprint density at radius 1 is 1.17 bits per heavy atom. The number of piperidine rings is 1. The molecule has 2 aromatic rings. The second-order valence-corrected chi connectivity index (χ2v) is 7.05. The van der Waals surface area contributed by atoms with Gasteiger partial charge >= 0.3 is 11.9 Å². The number of rotatable bonds is 4. The van der Waals surface area contributed by atoms with Gasteiger partial charge in [0, 0.05) is 18.9 Å². The summed E-state index contributed by atoms with van der Waals surface area (Å²) in [6.45, 7) is 0.787. The largest absolute Gasteiger partial charge is 0.465 e. The van der Waals surface area contributed by atoms with Crippen LogP contribution in [0, 0.1) is 0 Å². The molecule has 1 atom stereocenters. The lowest BCUT2D eigenvalue weighted by Crippen LogP contribution is -2.41. The Balaban J connectivity index is 1.89. The molecule has 0 bridgehead atoms. The van der Waals surface area contributed by atoms with E-state index in [1.54, 1.807) is 12.3 Å². The minimum absolute atomic E-state index is 0.0998. The first kappa shape index (κ1) is 20.7. The number of benzene rings is 1. The molecule has 0 spiro atoms. The first-order valence-electron chi connectivity index (χ1n) is 9.33. The molecule has 8 heteroatoms. The normalized spacial score (nSPS) is 16.1. The fraction of sp³-hybridized carbons (Fsp3) is 0.333. The van der Waals surface area contributed by atoms with E-state index in [4.69, 9.17) is 21.7 Å². The molecular weight excluding hydrogens is 390 g/mol. The summed E-state index contributed by atoms with van der Waals surface area (Å²) in [6, 6.07) is 8.64. The summed E-state index contributed by atoms with van der Waals surface area (Å²) in [6.07, 6.45) is 6.67. The maximum Gasteiger partial charge on any atom is 0.339 e. The van der Waals surface area contributed by atoms with E-state index < -0.39 is 11.9 Å². The monoisotopic (exact) mass is 413 g/mol. The van der Waals surface area contributed by atoms with E-state index in [9.17, 15) is 9.59 Å². The van der Waals surface area contributed by atoms with E-state index in [1.165, 1.54) is 26.4 Å². The van der Waals surface area contributed by atoms with E-state index >= 15 is 0 Å². The third-order valence-corrected chi connectivity index (χ3v) is 5.26. The second kappa shape index (κ2) is 9.47. The number of pyridine rings is 1. The standard InChI is InChI=1S/C21H23N3O4S/c1-27-19(25)14-8-9-16(20(26)28-2)17(12-14)23-21(29)24-11-4-3-7-18(24)15-6-5-10-22-13-15/h5-6,8-10,12-13,18H,3-4,7,11H2,1-2H3,(H,23,29)/t18-/m1/s1. The molecule has 0 amide bonds. The average molecular weight is 413 g/mol. The Kier molecular flexibility index (Phi) is 6.77. The van der Waals surface area contributed by atoms with Gasteiger partial charge in [0.05, 0.1) is 37.1 Å². The minimum atomic E-state index is -0.519. The van der Waals surface area contributed by atoms with Crippen LogP contribution in [0.25, 0.3) is 0 Å². The van der Waals surface area contributed by atoms with Gasteiger partial charge in [0.2, 0.25) is 0 Å². The van der Waals surface area contributed by atoms with Crippen LogP contribution >= 0.6 is 12.2 Å². The van der Waals surface area contributed by atoms with E-state index in [0.29, 0.717) is 16.4 Å². The van der Waals surface area contributed by atoms with E-state index in [2.05, 4.69) is 15.2 Å². The lowest BCUT2D eigenvalue weighted by atomic mass is 9.97. The van der Waals surface area contributed by atoms with Gasteiger partial charge in [-0.05, 0) is 61.3 Å². The first-order chi connectivity index (χ1) is 14.0. The van der Waals surface area contributed by atoms with Gasteiger partial charge < -0.3 is 19.7 Å². The van der Waals surface area contributed by atoms with Crippen molar-refractivity contribution < 1.29 is 19.1 Å². The highest BCUT2D eigenvalue weighted by molar-refractivity contribution is 7.80. The van der Waals surface area contributed by atoms with Crippen LogP contribution in [0.15, 0.2) is 42.7 Å². The zero-order chi connectivity index (χ0) is 20.8. The third kappa shape index (κ3) is 4.71. The van der Waals surface area contributed by atoms with E-state index in [-0.39, 0.29) is 11.6 Å². The maximum atomic E-state index is 12.2. The molecule has 1 N–H and O–H groups in total. The van der Waals surface area contributed by atoms with Crippen LogP contribution in [0.2, 0.25) is 0 Å². The first-order valence-corrected chi connectivity index (χ1v) is 9.74. The molecule has 0 radical (unpaired) electrons. The van der Waals surface area contributed by atoms with Gasteiger partial charge in [-0.2, -0.15) is 0 Å². The number of anilines is 1. The van der Waals surface area contributed by atoms with Crippen molar-refractivity contribution in [1.82, 2.24) is 9.88 Å². The van der Waals surface area contributed by atoms with Crippen molar-refractivity contribution >= 4 is 35.0 Å². The molecule has 1 aliphatic heterocycles. The van der Waals surface area contributed by atoms with Crippen molar-refractivity contribution in [2.45, 2.75) is 25.3 Å². The summed E-state index contributed by atoms with van der Waals surface area (Å²) in [5.41, 5.74) is 2.10. The van der Waals surface area contributed by atoms with Crippen LogP contribution in [0.3, 0.4) is 0 Å². The van der Waals surface area contributed by atoms with Crippen molar-refractivity contribution in [3.8, 4) is 0 Å². The topological polar surface area (TPSA) is 80.8 Å². The number of aromatic nitrogens is 1. The third-order valence-electron chi connectivity index (χ3n) is 4.92. The van der Waals surface area contributed by atoms with Crippen molar-refractivity contribution in [3.05, 3.63) is 59.4 Å². The van der Waals surface area contributed by atoms with Crippen LogP contribution in [0.4, 0.5) is 5.69 Å². The van der Waals surface area contributed by atoms with Crippen LogP contribution in [-0.2, 0) is 9.47 Å². The van der Waals surface area contributed by atoms with E-state index in [1.807, 2.05) is 18.3 Å². The number of carbonyl (C=O) groups is 2. The smallest absolute Gasteiger partial charge is 0.339 e. The molecule has 3 rings (SSSR count). The number of nitrogens with zero attached hydrogens (tertiary/aromatic N) is 2. The summed E-state index contributed by atoms with van der Waals surface area (Å²) in [4.78, 5) is 30.4. The zero-order valence-electron chi connectivity index (χ0n) is 16.4. The van der Waals surface area contributed by atoms with Crippen LogP contribution in [0.1, 0.15) is 51.6 Å². The second-order valence-electron chi connectivity index (χ2n) is 6.67. The predicted molar refractivity (Wildman–Crippen MR) is 113 cm³/mol. The van der Waals surface area contributed by atoms with Crippen molar-refractivity contribution in [2.24, 2.45) is 0 Å². The number of methoxy groups -OCH3 is 2. The zero-order valence-corrected chi connectivity index (χ0v) is 17.2. The number of nitrogens with one attached hydrogen (secondary N) is 1. The molecule has 1 aliphatic rings. The van der Waals surface area contributed by atoms with Crippen LogP contribution in [0.5, 0.6) is 0 Å². The highest BCUT2D eigenvalue weighted by Crippen LogP contribution is 2.31. The summed E-state index contributed by atoms with van der Waals surface area (Å²) < 4.78 is 9.64. The highest BCUT2D eigenvalue weighted by atomic mass is 32.1. The Labute approximate surface area is 175 Å². The van der Waals surface area contributed by atoms with Gasteiger partial charge in [0.15, 0.2) is 5.11 Å². The summed E-state index contributed by atoms with van der Waals surface area (Å²) in [7, 11) is 2.61. The number of carbonyl (C=O) groups excluding carboxylic acids is 2. The predicted octanol–water partition coefficient (Wildman–Crippen LogP) is 3.58. The number of thiocarbonyl (C=S) groups is 1. The SMILES string of the molecule is COC(=O)c1ccc(C(=O)OC)c(NC(=S)N2CCCC[C@@H]2c2cccnc2)c1. The number of hydrogen-bond donors (Lipinski definition) is 1. The summed E-state index contributed by atoms with van der Waals surface area (Å²) in [5, 5.41) is 3.62. The Hall–Kier alpha value is -3.00. The molecule has 1 aromatic carbocycles. The van der Waals surface area contributed by atoms with Gasteiger partial charge in [0.25, 0.3) is 0 Å².